The Balaban J connectivity index is 3.01. The number of hydrogen-bond donors (Lipinski definition) is 2. The first-order valence-corrected chi connectivity index (χ1v) is 8.38. The number of halogens is 2. The second-order valence-electron chi connectivity index (χ2n) is 4.75. The monoisotopic (exact) mass is 322 g/mol. The van der Waals surface area contributed by atoms with Gasteiger partial charge < -0.3 is 5.73 Å². The molecule has 114 valence electrons. The molecule has 0 radical (unpaired) electrons. The highest BCUT2D eigenvalue weighted by molar-refractivity contribution is 7.89. The molecule has 1 aromatic rings. The second kappa shape index (κ2) is 7.36. The van der Waals surface area contributed by atoms with Gasteiger partial charge in [0.2, 0.25) is 10.0 Å². The lowest BCUT2D eigenvalue weighted by Crippen LogP contribution is -2.32. The van der Waals surface area contributed by atoms with Gasteiger partial charge in [-0.3, -0.25) is 0 Å². The summed E-state index contributed by atoms with van der Waals surface area (Å²) < 4.78 is 40.5. The van der Waals surface area contributed by atoms with Crippen LogP contribution in [0.3, 0.4) is 0 Å². The zero-order valence-corrected chi connectivity index (χ0v) is 13.2. The van der Waals surface area contributed by atoms with E-state index in [2.05, 4.69) is 4.72 Å². The largest absolute Gasteiger partial charge is 0.326 e. The van der Waals surface area contributed by atoms with Crippen molar-refractivity contribution >= 4 is 21.6 Å². The minimum Gasteiger partial charge on any atom is -0.326 e. The Morgan fingerprint density at radius 1 is 1.45 bits per heavy atom. The first-order valence-electron chi connectivity index (χ1n) is 6.52. The molecule has 0 saturated heterocycles. The Labute approximate surface area is 124 Å². The topological polar surface area (TPSA) is 72.2 Å². The maximum atomic E-state index is 13.6. The van der Waals surface area contributed by atoms with Crippen LogP contribution >= 0.6 is 11.6 Å². The van der Waals surface area contributed by atoms with Crippen molar-refractivity contribution in [2.45, 2.75) is 50.6 Å². The molecule has 1 atom stereocenters. The van der Waals surface area contributed by atoms with Crippen molar-refractivity contribution in [1.29, 1.82) is 0 Å². The lowest BCUT2D eigenvalue weighted by atomic mass is 10.2. The van der Waals surface area contributed by atoms with E-state index in [1.807, 2.05) is 6.92 Å². The quantitative estimate of drug-likeness (QED) is 0.810. The molecule has 0 bridgehead atoms. The van der Waals surface area contributed by atoms with Crippen LogP contribution in [0.15, 0.2) is 17.0 Å². The van der Waals surface area contributed by atoms with Crippen LogP contribution < -0.4 is 10.5 Å². The highest BCUT2D eigenvalue weighted by Gasteiger charge is 2.20. The normalized spacial score (nSPS) is 13.4. The maximum Gasteiger partial charge on any atom is 0.240 e. The fraction of sp³-hybridized carbons (Fsp3) is 0.538. The predicted octanol–water partition coefficient (Wildman–Crippen LogP) is 2.79. The number of nitrogens with one attached hydrogen (secondary N) is 1. The van der Waals surface area contributed by atoms with Crippen molar-refractivity contribution in [3.63, 3.8) is 0 Å². The average molecular weight is 323 g/mol. The Bertz CT molecular complexity index is 564. The van der Waals surface area contributed by atoms with Crippen LogP contribution in [0.1, 0.15) is 38.7 Å². The Hall–Kier alpha value is -0.690. The van der Waals surface area contributed by atoms with Crippen LogP contribution in [0.2, 0.25) is 5.02 Å². The fourth-order valence-corrected chi connectivity index (χ4v) is 3.35. The van der Waals surface area contributed by atoms with Gasteiger partial charge in [0.1, 0.15) is 5.82 Å². The molecule has 0 aliphatic rings. The lowest BCUT2D eigenvalue weighted by molar-refractivity contribution is 0.533. The fourth-order valence-electron chi connectivity index (χ4n) is 1.82. The summed E-state index contributed by atoms with van der Waals surface area (Å²) in [7, 11) is -3.77. The third-order valence-electron chi connectivity index (χ3n) is 2.95. The van der Waals surface area contributed by atoms with Crippen LogP contribution in [-0.4, -0.2) is 14.5 Å². The van der Waals surface area contributed by atoms with Crippen molar-refractivity contribution in [2.75, 3.05) is 0 Å². The molecule has 1 rings (SSSR count). The van der Waals surface area contributed by atoms with Crippen LogP contribution in [0.5, 0.6) is 0 Å². The van der Waals surface area contributed by atoms with E-state index in [0.29, 0.717) is 0 Å². The van der Waals surface area contributed by atoms with Crippen LogP contribution in [0, 0.1) is 5.82 Å². The molecular formula is C13H20ClFN2O2S. The van der Waals surface area contributed by atoms with Gasteiger partial charge in [-0.05, 0) is 31.0 Å². The van der Waals surface area contributed by atoms with E-state index in [1.165, 1.54) is 6.07 Å². The molecule has 3 N–H and O–H groups in total. The number of nitrogens with two attached hydrogens (primary N) is 1. The third-order valence-corrected chi connectivity index (χ3v) is 4.95. The summed E-state index contributed by atoms with van der Waals surface area (Å²) in [6.07, 6.45) is 2.64. The van der Waals surface area contributed by atoms with Crippen LogP contribution in [0.25, 0.3) is 0 Å². The first-order chi connectivity index (χ1) is 9.31. The first kappa shape index (κ1) is 17.4. The SMILES string of the molecule is CCCCC(C)NS(=O)(=O)c1cc(F)c(Cl)c(CN)c1. The van der Waals surface area contributed by atoms with Crippen LogP contribution in [0.4, 0.5) is 4.39 Å². The van der Waals surface area contributed by atoms with Gasteiger partial charge in [-0.25, -0.2) is 17.5 Å². The van der Waals surface area contributed by atoms with Gasteiger partial charge in [0.25, 0.3) is 0 Å². The van der Waals surface area contributed by atoms with Gasteiger partial charge in [-0.15, -0.1) is 0 Å². The molecule has 7 heteroatoms. The van der Waals surface area contributed by atoms with Crippen molar-refractivity contribution in [3.8, 4) is 0 Å². The number of unbranched alkanes of at least 4 members (excludes halogenated alkanes) is 1. The summed E-state index contributed by atoms with van der Waals surface area (Å²) >= 11 is 5.72. The van der Waals surface area contributed by atoms with Crippen molar-refractivity contribution < 1.29 is 12.8 Å². The van der Waals surface area contributed by atoms with Crippen molar-refractivity contribution in [1.82, 2.24) is 4.72 Å². The average Bonchev–Trinajstić information content (AvgIpc) is 2.38. The Morgan fingerprint density at radius 3 is 2.65 bits per heavy atom. The Morgan fingerprint density at radius 2 is 2.10 bits per heavy atom. The minimum absolute atomic E-state index is 0.0233. The zero-order valence-electron chi connectivity index (χ0n) is 11.6. The minimum atomic E-state index is -3.77. The van der Waals surface area contributed by atoms with Crippen LogP contribution in [-0.2, 0) is 16.6 Å². The molecule has 0 amide bonds. The molecule has 0 aliphatic carbocycles. The Kier molecular flexibility index (Phi) is 6.39. The number of sulfonamides is 1. The summed E-state index contributed by atoms with van der Waals surface area (Å²) in [4.78, 5) is -0.150. The van der Waals surface area contributed by atoms with Gasteiger partial charge in [0, 0.05) is 12.6 Å². The van der Waals surface area contributed by atoms with E-state index in [9.17, 15) is 12.8 Å². The molecule has 4 nitrogen and oxygen atoms in total. The summed E-state index contributed by atoms with van der Waals surface area (Å²) in [6.45, 7) is 3.79. The summed E-state index contributed by atoms with van der Waals surface area (Å²) in [6, 6.07) is 2.01. The molecule has 0 spiro atoms. The maximum absolute atomic E-state index is 13.6. The third kappa shape index (κ3) is 4.41. The summed E-state index contributed by atoms with van der Waals surface area (Å²) in [5, 5.41) is -0.134. The molecular weight excluding hydrogens is 303 g/mol. The van der Waals surface area contributed by atoms with E-state index in [4.69, 9.17) is 17.3 Å². The van der Waals surface area contributed by atoms with E-state index in [0.717, 1.165) is 25.3 Å². The van der Waals surface area contributed by atoms with Gasteiger partial charge >= 0.3 is 0 Å². The number of benzene rings is 1. The van der Waals surface area contributed by atoms with Gasteiger partial charge in [-0.2, -0.15) is 0 Å². The standard InChI is InChI=1S/C13H20ClFN2O2S/c1-3-4-5-9(2)17-20(18,19)11-6-10(8-16)13(14)12(15)7-11/h6-7,9,17H,3-5,8,16H2,1-2H3. The van der Waals surface area contributed by atoms with E-state index >= 15 is 0 Å². The molecule has 0 saturated carbocycles. The van der Waals surface area contributed by atoms with Gasteiger partial charge in [-0.1, -0.05) is 31.4 Å². The highest BCUT2D eigenvalue weighted by atomic mass is 35.5. The molecule has 0 aliphatic heterocycles. The van der Waals surface area contributed by atoms with Gasteiger partial charge in [0.05, 0.1) is 9.92 Å². The molecule has 0 heterocycles. The number of rotatable bonds is 7. The lowest BCUT2D eigenvalue weighted by Gasteiger charge is -2.15. The predicted molar refractivity (Wildman–Crippen MR) is 78.6 cm³/mol. The molecule has 1 unspecified atom stereocenters. The second-order valence-corrected chi connectivity index (χ2v) is 6.84. The van der Waals surface area contributed by atoms with E-state index in [-0.39, 0.29) is 28.1 Å². The van der Waals surface area contributed by atoms with Crippen molar-refractivity contribution in [3.05, 3.63) is 28.5 Å². The zero-order chi connectivity index (χ0) is 15.3. The number of hydrogen-bond acceptors (Lipinski definition) is 3. The smallest absolute Gasteiger partial charge is 0.240 e. The van der Waals surface area contributed by atoms with Gasteiger partial charge in [0.15, 0.2) is 0 Å². The van der Waals surface area contributed by atoms with E-state index < -0.39 is 15.8 Å². The van der Waals surface area contributed by atoms with E-state index in [1.54, 1.807) is 6.92 Å². The highest BCUT2D eigenvalue weighted by Crippen LogP contribution is 2.24. The molecule has 1 aromatic carbocycles. The summed E-state index contributed by atoms with van der Waals surface area (Å²) in [5.41, 5.74) is 5.70. The molecule has 20 heavy (non-hydrogen) atoms. The summed E-state index contributed by atoms with van der Waals surface area (Å²) in [5.74, 6) is -0.781. The molecule has 0 fully saturated rings. The molecule has 0 aromatic heterocycles. The van der Waals surface area contributed by atoms with Crippen molar-refractivity contribution in [2.24, 2.45) is 5.73 Å².